The summed E-state index contributed by atoms with van der Waals surface area (Å²) in [5.41, 5.74) is 8.56. The highest BCUT2D eigenvalue weighted by molar-refractivity contribution is 7.99. The number of hydrogen-bond acceptors (Lipinski definition) is 5. The van der Waals surface area contributed by atoms with Crippen molar-refractivity contribution in [2.45, 2.75) is 19.4 Å². The van der Waals surface area contributed by atoms with Crippen molar-refractivity contribution in [2.75, 3.05) is 24.6 Å². The Morgan fingerprint density at radius 2 is 2.12 bits per heavy atom. The van der Waals surface area contributed by atoms with Crippen LogP contribution in [0, 0.1) is 6.92 Å². The average Bonchev–Trinajstić information content (AvgIpc) is 3.04. The molecule has 1 saturated heterocycles. The lowest BCUT2D eigenvalue weighted by Crippen LogP contribution is -2.41. The highest BCUT2D eigenvalue weighted by atomic mass is 35.5. The van der Waals surface area contributed by atoms with Crippen molar-refractivity contribution in [1.82, 2.24) is 9.88 Å². The molecule has 1 aliphatic rings. The van der Waals surface area contributed by atoms with Gasteiger partial charge in [0.25, 0.3) is 5.91 Å². The minimum absolute atomic E-state index is 0. The second-order valence-electron chi connectivity index (χ2n) is 5.67. The number of halogens is 1. The molecule has 0 spiro atoms. The molecule has 4 nitrogen and oxygen atoms in total. The van der Waals surface area contributed by atoms with E-state index in [1.807, 2.05) is 22.0 Å². The second kappa shape index (κ2) is 8.85. The van der Waals surface area contributed by atoms with E-state index in [0.717, 1.165) is 29.5 Å². The van der Waals surface area contributed by atoms with E-state index in [0.29, 0.717) is 12.2 Å². The Morgan fingerprint density at radius 3 is 2.83 bits per heavy atom. The van der Waals surface area contributed by atoms with Crippen LogP contribution in [-0.2, 0) is 6.42 Å². The number of amides is 1. The first-order chi connectivity index (χ1) is 11.2. The number of aryl methyl sites for hydroxylation is 1. The van der Waals surface area contributed by atoms with Gasteiger partial charge in [0.15, 0.2) is 0 Å². The van der Waals surface area contributed by atoms with E-state index in [9.17, 15) is 4.79 Å². The minimum atomic E-state index is 0. The normalized spacial score (nSPS) is 17.4. The van der Waals surface area contributed by atoms with Crippen molar-refractivity contribution in [3.05, 3.63) is 51.5 Å². The summed E-state index contributed by atoms with van der Waals surface area (Å²) in [6, 6.07) is 8.61. The number of carbonyl (C=O) groups excluding carboxylic acids is 1. The van der Waals surface area contributed by atoms with Gasteiger partial charge in [0.2, 0.25) is 0 Å². The summed E-state index contributed by atoms with van der Waals surface area (Å²) in [7, 11) is 0. The molecule has 0 bridgehead atoms. The van der Waals surface area contributed by atoms with Gasteiger partial charge in [0.1, 0.15) is 5.69 Å². The summed E-state index contributed by atoms with van der Waals surface area (Å²) in [4.78, 5) is 19.3. The van der Waals surface area contributed by atoms with Gasteiger partial charge < -0.3 is 10.6 Å². The molecular formula is C17H22ClN3OS2. The molecule has 1 amide bonds. The number of thioether (sulfide) groups is 1. The molecule has 1 atom stereocenters. The molecule has 7 heteroatoms. The Kier molecular flexibility index (Phi) is 7.10. The number of carbonyl (C=O) groups is 1. The first-order valence-corrected chi connectivity index (χ1v) is 9.82. The van der Waals surface area contributed by atoms with Crippen LogP contribution in [0.2, 0.25) is 0 Å². The summed E-state index contributed by atoms with van der Waals surface area (Å²) in [5, 5.41) is 2.80. The van der Waals surface area contributed by atoms with Gasteiger partial charge in [0, 0.05) is 29.9 Å². The van der Waals surface area contributed by atoms with Crippen molar-refractivity contribution in [3.63, 3.8) is 0 Å². The van der Waals surface area contributed by atoms with Crippen molar-refractivity contribution in [2.24, 2.45) is 5.73 Å². The fourth-order valence-corrected chi connectivity index (χ4v) is 4.58. The third-order valence-electron chi connectivity index (χ3n) is 3.98. The van der Waals surface area contributed by atoms with Gasteiger partial charge in [-0.15, -0.1) is 23.7 Å². The molecule has 0 saturated carbocycles. The highest BCUT2D eigenvalue weighted by Crippen LogP contribution is 2.31. The first kappa shape index (κ1) is 19.2. The Hall–Kier alpha value is -1.08. The molecule has 0 aliphatic carbocycles. The molecule has 2 heterocycles. The van der Waals surface area contributed by atoms with E-state index in [-0.39, 0.29) is 24.4 Å². The smallest absolute Gasteiger partial charge is 0.273 e. The predicted octanol–water partition coefficient (Wildman–Crippen LogP) is 3.30. The zero-order valence-corrected chi connectivity index (χ0v) is 16.1. The Bertz CT molecular complexity index is 675. The number of benzene rings is 1. The molecule has 130 valence electrons. The SMILES string of the molecule is Cc1ccc(C2CSCCN2C(=O)c2csc(CCN)n2)cc1.Cl. The van der Waals surface area contributed by atoms with E-state index < -0.39 is 0 Å². The summed E-state index contributed by atoms with van der Waals surface area (Å²) in [6.07, 6.45) is 0.731. The zero-order valence-electron chi connectivity index (χ0n) is 13.6. The number of nitrogens with two attached hydrogens (primary N) is 1. The molecular weight excluding hydrogens is 362 g/mol. The van der Waals surface area contributed by atoms with Crippen molar-refractivity contribution in [1.29, 1.82) is 0 Å². The van der Waals surface area contributed by atoms with Crippen LogP contribution in [0.5, 0.6) is 0 Å². The van der Waals surface area contributed by atoms with Crippen LogP contribution in [0.3, 0.4) is 0 Å². The van der Waals surface area contributed by atoms with E-state index in [1.54, 1.807) is 0 Å². The number of thiazole rings is 1. The van der Waals surface area contributed by atoms with Crippen molar-refractivity contribution in [3.8, 4) is 0 Å². The molecule has 24 heavy (non-hydrogen) atoms. The molecule has 3 rings (SSSR count). The van der Waals surface area contributed by atoms with Gasteiger partial charge in [-0.05, 0) is 19.0 Å². The number of aromatic nitrogens is 1. The highest BCUT2D eigenvalue weighted by Gasteiger charge is 2.30. The van der Waals surface area contributed by atoms with E-state index in [4.69, 9.17) is 5.73 Å². The average molecular weight is 384 g/mol. The van der Waals surface area contributed by atoms with Gasteiger partial charge in [-0.3, -0.25) is 4.79 Å². The Balaban J connectivity index is 0.00000208. The van der Waals surface area contributed by atoms with E-state index >= 15 is 0 Å². The third kappa shape index (κ3) is 4.30. The molecule has 1 aromatic heterocycles. The van der Waals surface area contributed by atoms with Gasteiger partial charge in [-0.2, -0.15) is 11.8 Å². The quantitative estimate of drug-likeness (QED) is 0.879. The molecule has 1 aliphatic heterocycles. The lowest BCUT2D eigenvalue weighted by molar-refractivity contribution is 0.0696. The maximum absolute atomic E-state index is 12.9. The maximum atomic E-state index is 12.9. The molecule has 1 unspecified atom stereocenters. The molecule has 2 aromatic rings. The predicted molar refractivity (Wildman–Crippen MR) is 104 cm³/mol. The minimum Gasteiger partial charge on any atom is -0.330 e. The third-order valence-corrected chi connectivity index (χ3v) is 5.91. The summed E-state index contributed by atoms with van der Waals surface area (Å²) >= 11 is 3.43. The largest absolute Gasteiger partial charge is 0.330 e. The lowest BCUT2D eigenvalue weighted by Gasteiger charge is -2.35. The topological polar surface area (TPSA) is 59.2 Å². The van der Waals surface area contributed by atoms with Crippen LogP contribution in [0.1, 0.15) is 32.7 Å². The Labute approximate surface area is 157 Å². The fourth-order valence-electron chi connectivity index (χ4n) is 2.71. The molecule has 2 N–H and O–H groups in total. The number of rotatable bonds is 4. The molecule has 1 aromatic carbocycles. The number of hydrogen-bond donors (Lipinski definition) is 1. The first-order valence-electron chi connectivity index (χ1n) is 7.79. The van der Waals surface area contributed by atoms with E-state index in [1.165, 1.54) is 22.5 Å². The zero-order chi connectivity index (χ0) is 16.2. The Morgan fingerprint density at radius 1 is 1.38 bits per heavy atom. The van der Waals surface area contributed by atoms with Crippen LogP contribution in [0.25, 0.3) is 0 Å². The molecule has 1 fully saturated rings. The van der Waals surface area contributed by atoms with Crippen LogP contribution in [0.4, 0.5) is 0 Å². The van der Waals surface area contributed by atoms with E-state index in [2.05, 4.69) is 36.2 Å². The number of nitrogens with zero attached hydrogens (tertiary/aromatic N) is 2. The van der Waals surface area contributed by atoms with Crippen LogP contribution in [0.15, 0.2) is 29.6 Å². The fraction of sp³-hybridized carbons (Fsp3) is 0.412. The standard InChI is InChI=1S/C17H21N3OS2.ClH/c1-12-2-4-13(5-3-12)15-11-22-9-8-20(15)17(21)14-10-23-16(19-14)6-7-18;/h2-5,10,15H,6-9,11,18H2,1H3;1H. The van der Waals surface area contributed by atoms with Crippen molar-refractivity contribution < 1.29 is 4.79 Å². The molecule has 0 radical (unpaired) electrons. The van der Waals surface area contributed by atoms with Crippen LogP contribution < -0.4 is 5.73 Å². The van der Waals surface area contributed by atoms with Crippen LogP contribution >= 0.6 is 35.5 Å². The monoisotopic (exact) mass is 383 g/mol. The van der Waals surface area contributed by atoms with Gasteiger partial charge in [-0.1, -0.05) is 29.8 Å². The second-order valence-corrected chi connectivity index (χ2v) is 7.76. The lowest BCUT2D eigenvalue weighted by atomic mass is 10.0. The summed E-state index contributed by atoms with van der Waals surface area (Å²) < 4.78 is 0. The summed E-state index contributed by atoms with van der Waals surface area (Å²) in [5.74, 6) is 1.96. The van der Waals surface area contributed by atoms with Crippen LogP contribution in [-0.4, -0.2) is 40.4 Å². The van der Waals surface area contributed by atoms with Gasteiger partial charge in [-0.25, -0.2) is 4.98 Å². The summed E-state index contributed by atoms with van der Waals surface area (Å²) in [6.45, 7) is 3.41. The van der Waals surface area contributed by atoms with Crippen molar-refractivity contribution >= 4 is 41.4 Å². The maximum Gasteiger partial charge on any atom is 0.273 e. The van der Waals surface area contributed by atoms with Gasteiger partial charge >= 0.3 is 0 Å². The van der Waals surface area contributed by atoms with Gasteiger partial charge in [0.05, 0.1) is 11.0 Å².